The van der Waals surface area contributed by atoms with E-state index >= 15 is 0 Å². The van der Waals surface area contributed by atoms with Gasteiger partial charge in [0.2, 0.25) is 0 Å². The van der Waals surface area contributed by atoms with Crippen molar-refractivity contribution in [3.8, 4) is 5.75 Å². The van der Waals surface area contributed by atoms with Crippen LogP contribution in [0.4, 0.5) is 22.0 Å². The molecule has 90 valence electrons. The first-order chi connectivity index (χ1) is 7.21. The van der Waals surface area contributed by atoms with E-state index in [-0.39, 0.29) is 3.57 Å². The van der Waals surface area contributed by atoms with Gasteiger partial charge in [0.1, 0.15) is 5.75 Å². The Hall–Kier alpha value is -0.310. The van der Waals surface area contributed by atoms with Crippen LogP contribution in [0, 0.1) is 3.57 Å². The highest BCUT2D eigenvalue weighted by Crippen LogP contribution is 2.39. The standard InChI is InChI=1S/C8H3ClF5IO/c9-4-2-5(15)6(16-7(10)11)1-3(4)8(12,13)14/h1-2,7H. The Morgan fingerprint density at radius 2 is 1.81 bits per heavy atom. The minimum Gasteiger partial charge on any atom is -0.434 e. The van der Waals surface area contributed by atoms with Gasteiger partial charge in [0.15, 0.2) is 0 Å². The SMILES string of the molecule is FC(F)Oc1cc(C(F)(F)F)c(Cl)cc1I. The fraction of sp³-hybridized carbons (Fsp3) is 0.250. The zero-order valence-corrected chi connectivity index (χ0v) is 10.2. The summed E-state index contributed by atoms with van der Waals surface area (Å²) >= 11 is 6.91. The van der Waals surface area contributed by atoms with Gasteiger partial charge in [-0.1, -0.05) is 11.6 Å². The number of benzene rings is 1. The van der Waals surface area contributed by atoms with E-state index in [2.05, 4.69) is 4.74 Å². The van der Waals surface area contributed by atoms with Crippen molar-refractivity contribution in [3.63, 3.8) is 0 Å². The molecule has 0 saturated carbocycles. The predicted molar refractivity (Wildman–Crippen MR) is 55.8 cm³/mol. The van der Waals surface area contributed by atoms with Gasteiger partial charge in [0.05, 0.1) is 14.2 Å². The Labute approximate surface area is 106 Å². The lowest BCUT2D eigenvalue weighted by Gasteiger charge is -2.13. The largest absolute Gasteiger partial charge is 0.434 e. The summed E-state index contributed by atoms with van der Waals surface area (Å²) in [6.45, 7) is -3.18. The molecule has 1 aromatic rings. The van der Waals surface area contributed by atoms with Crippen LogP contribution in [0.5, 0.6) is 5.75 Å². The van der Waals surface area contributed by atoms with E-state index in [4.69, 9.17) is 11.6 Å². The summed E-state index contributed by atoms with van der Waals surface area (Å²) in [5, 5.41) is -0.557. The monoisotopic (exact) mass is 372 g/mol. The third kappa shape index (κ3) is 3.34. The highest BCUT2D eigenvalue weighted by Gasteiger charge is 2.34. The van der Waals surface area contributed by atoms with Crippen LogP contribution in [0.3, 0.4) is 0 Å². The van der Waals surface area contributed by atoms with Crippen LogP contribution in [0.25, 0.3) is 0 Å². The van der Waals surface area contributed by atoms with Gasteiger partial charge in [-0.15, -0.1) is 0 Å². The Balaban J connectivity index is 3.22. The van der Waals surface area contributed by atoms with Crippen molar-refractivity contribution in [2.45, 2.75) is 12.8 Å². The van der Waals surface area contributed by atoms with E-state index in [1.54, 1.807) is 22.6 Å². The van der Waals surface area contributed by atoms with Crippen LogP contribution in [-0.4, -0.2) is 6.61 Å². The van der Waals surface area contributed by atoms with E-state index in [0.717, 1.165) is 6.07 Å². The van der Waals surface area contributed by atoms with Crippen molar-refractivity contribution in [3.05, 3.63) is 26.3 Å². The summed E-state index contributed by atoms with van der Waals surface area (Å²) in [5.74, 6) is -0.549. The highest BCUT2D eigenvalue weighted by atomic mass is 127. The summed E-state index contributed by atoms with van der Waals surface area (Å²) in [7, 11) is 0. The van der Waals surface area contributed by atoms with E-state index in [1.165, 1.54) is 0 Å². The number of halogens is 7. The van der Waals surface area contributed by atoms with Crippen molar-refractivity contribution >= 4 is 34.2 Å². The summed E-state index contributed by atoms with van der Waals surface area (Å²) in [6, 6.07) is 1.37. The van der Waals surface area contributed by atoms with Gasteiger partial charge in [0, 0.05) is 0 Å². The van der Waals surface area contributed by atoms with Crippen molar-refractivity contribution in [2.75, 3.05) is 0 Å². The quantitative estimate of drug-likeness (QED) is 0.546. The molecule has 1 nitrogen and oxygen atoms in total. The number of hydrogen-bond donors (Lipinski definition) is 0. The second kappa shape index (κ2) is 4.91. The molecule has 0 fully saturated rings. The molecule has 0 aliphatic heterocycles. The number of alkyl halides is 5. The maximum absolute atomic E-state index is 12.4. The first kappa shape index (κ1) is 13.8. The molecule has 0 amide bonds. The van der Waals surface area contributed by atoms with Crippen LogP contribution in [0.1, 0.15) is 5.56 Å². The fourth-order valence-electron chi connectivity index (χ4n) is 0.933. The normalized spacial score (nSPS) is 12.0. The molecule has 0 aromatic heterocycles. The maximum Gasteiger partial charge on any atom is 0.417 e. The van der Waals surface area contributed by atoms with Crippen LogP contribution in [-0.2, 0) is 6.18 Å². The molecule has 0 aliphatic carbocycles. The Morgan fingerprint density at radius 3 is 2.25 bits per heavy atom. The van der Waals surface area contributed by atoms with E-state index in [9.17, 15) is 22.0 Å². The highest BCUT2D eigenvalue weighted by molar-refractivity contribution is 14.1. The van der Waals surface area contributed by atoms with E-state index in [0.29, 0.717) is 6.07 Å². The van der Waals surface area contributed by atoms with Gasteiger partial charge in [-0.2, -0.15) is 22.0 Å². The summed E-state index contributed by atoms with van der Waals surface area (Å²) in [4.78, 5) is 0. The molecule has 0 unspecified atom stereocenters. The van der Waals surface area contributed by atoms with Gasteiger partial charge >= 0.3 is 12.8 Å². The topological polar surface area (TPSA) is 9.23 Å². The third-order valence-corrected chi connectivity index (χ3v) is 2.70. The van der Waals surface area contributed by atoms with Crippen molar-refractivity contribution in [1.82, 2.24) is 0 Å². The molecule has 1 rings (SSSR count). The first-order valence-electron chi connectivity index (χ1n) is 3.73. The summed E-state index contributed by atoms with van der Waals surface area (Å²) in [5.41, 5.74) is -1.20. The van der Waals surface area contributed by atoms with Crippen molar-refractivity contribution in [1.29, 1.82) is 0 Å². The molecule has 0 spiro atoms. The molecule has 0 saturated heterocycles. The minimum atomic E-state index is -4.71. The average molecular weight is 372 g/mol. The number of hydrogen-bond acceptors (Lipinski definition) is 1. The van der Waals surface area contributed by atoms with Crippen LogP contribution >= 0.6 is 34.2 Å². The second-order valence-corrected chi connectivity index (χ2v) is 4.21. The zero-order valence-electron chi connectivity index (χ0n) is 7.29. The Kier molecular flexibility index (Phi) is 4.22. The zero-order chi connectivity index (χ0) is 12.5. The molecule has 16 heavy (non-hydrogen) atoms. The Morgan fingerprint density at radius 1 is 1.25 bits per heavy atom. The Bertz CT molecular complexity index is 393. The van der Waals surface area contributed by atoms with Crippen molar-refractivity contribution < 1.29 is 26.7 Å². The molecule has 0 heterocycles. The molecule has 8 heteroatoms. The smallest absolute Gasteiger partial charge is 0.417 e. The molecular formula is C8H3ClF5IO. The fourth-order valence-corrected chi connectivity index (χ4v) is 1.98. The molecular weight excluding hydrogens is 369 g/mol. The molecule has 0 N–H and O–H groups in total. The third-order valence-electron chi connectivity index (χ3n) is 1.54. The van der Waals surface area contributed by atoms with Crippen LogP contribution < -0.4 is 4.74 Å². The molecule has 1 aromatic carbocycles. The molecule has 0 bridgehead atoms. The van der Waals surface area contributed by atoms with E-state index < -0.39 is 29.1 Å². The second-order valence-electron chi connectivity index (χ2n) is 2.64. The number of rotatable bonds is 2. The minimum absolute atomic E-state index is 0.0795. The van der Waals surface area contributed by atoms with Gasteiger partial charge in [-0.25, -0.2) is 0 Å². The lowest BCUT2D eigenvalue weighted by Crippen LogP contribution is -2.09. The summed E-state index contributed by atoms with van der Waals surface area (Å²) in [6.07, 6.45) is -4.71. The van der Waals surface area contributed by atoms with Crippen molar-refractivity contribution in [2.24, 2.45) is 0 Å². The maximum atomic E-state index is 12.4. The summed E-state index contributed by atoms with van der Waals surface area (Å²) < 4.78 is 64.9. The predicted octanol–water partition coefficient (Wildman–Crippen LogP) is 4.56. The van der Waals surface area contributed by atoms with Gasteiger partial charge < -0.3 is 4.74 Å². The van der Waals surface area contributed by atoms with Crippen LogP contribution in [0.2, 0.25) is 5.02 Å². The van der Waals surface area contributed by atoms with Gasteiger partial charge in [0.25, 0.3) is 0 Å². The average Bonchev–Trinajstić information content (AvgIpc) is 2.06. The van der Waals surface area contributed by atoms with Crippen LogP contribution in [0.15, 0.2) is 12.1 Å². The first-order valence-corrected chi connectivity index (χ1v) is 5.18. The number of ether oxygens (including phenoxy) is 1. The van der Waals surface area contributed by atoms with E-state index in [1.807, 2.05) is 0 Å². The lowest BCUT2D eigenvalue weighted by molar-refractivity contribution is -0.137. The van der Waals surface area contributed by atoms with Gasteiger partial charge in [-0.05, 0) is 34.7 Å². The lowest BCUT2D eigenvalue weighted by atomic mass is 10.2. The molecule has 0 aliphatic rings. The van der Waals surface area contributed by atoms with Gasteiger partial charge in [-0.3, -0.25) is 0 Å². The molecule has 0 radical (unpaired) electrons. The molecule has 0 atom stereocenters.